The number of hydrogen-bond acceptors (Lipinski definition) is 7. The predicted molar refractivity (Wildman–Crippen MR) is 102 cm³/mol. The van der Waals surface area contributed by atoms with Crippen LogP contribution in [0.25, 0.3) is 0 Å². The largest absolute Gasteiger partial charge is 0.354 e. The highest BCUT2D eigenvalue weighted by molar-refractivity contribution is 5.92. The summed E-state index contributed by atoms with van der Waals surface area (Å²) in [7, 11) is 1.43. The van der Waals surface area contributed by atoms with Crippen LogP contribution in [0.5, 0.6) is 0 Å². The van der Waals surface area contributed by atoms with Gasteiger partial charge in [0.1, 0.15) is 5.82 Å². The first kappa shape index (κ1) is 19.2. The summed E-state index contributed by atoms with van der Waals surface area (Å²) in [6.45, 7) is 1.84. The van der Waals surface area contributed by atoms with Crippen molar-refractivity contribution in [3.8, 4) is 0 Å². The van der Waals surface area contributed by atoms with Gasteiger partial charge >= 0.3 is 0 Å². The lowest BCUT2D eigenvalue weighted by molar-refractivity contribution is 0.0954. The molecule has 2 bridgehead atoms. The first-order chi connectivity index (χ1) is 12.6. The lowest BCUT2D eigenvalue weighted by Crippen LogP contribution is -2.51. The first-order valence-corrected chi connectivity index (χ1v) is 8.61. The number of fused-ring (bicyclic) bond motifs is 2. The standard InChI is InChI=1S/C17H20FN7O.ClH/c1-19-16(26)15-13(18)6-12(7-21-15)23-17-20-5-4-14(24-17)25-8-10-2-3-11(9-25)22-10;/h4-7,10-11,22H,2-3,8-9H2,1H3,(H,19,26)(H,20,23,24);1H/t10-,11+;. The molecule has 3 N–H and O–H groups in total. The lowest BCUT2D eigenvalue weighted by Gasteiger charge is -2.33. The topological polar surface area (TPSA) is 95.1 Å². The SMILES string of the molecule is CNC(=O)c1ncc(Nc2nccc(N3C[C@H]4CC[C@@H](C3)N4)n2)cc1F.Cl. The molecule has 1 amide bonds. The van der Waals surface area contributed by atoms with Gasteiger partial charge in [0.25, 0.3) is 5.91 Å². The normalized spacial score (nSPS) is 20.7. The van der Waals surface area contributed by atoms with E-state index in [2.05, 4.69) is 35.8 Å². The predicted octanol–water partition coefficient (Wildman–Crippen LogP) is 1.48. The van der Waals surface area contributed by atoms with Crippen LogP contribution in [-0.4, -0.2) is 53.1 Å². The van der Waals surface area contributed by atoms with E-state index in [0.29, 0.717) is 23.7 Å². The Bertz CT molecular complexity index is 825. The Kier molecular flexibility index (Phi) is 5.71. The van der Waals surface area contributed by atoms with Crippen LogP contribution >= 0.6 is 12.4 Å². The number of hydrogen-bond donors (Lipinski definition) is 3. The van der Waals surface area contributed by atoms with Gasteiger partial charge in [-0.1, -0.05) is 0 Å². The molecule has 0 unspecified atom stereocenters. The van der Waals surface area contributed by atoms with E-state index in [-0.39, 0.29) is 18.1 Å². The molecule has 8 nitrogen and oxygen atoms in total. The van der Waals surface area contributed by atoms with Gasteiger partial charge in [0, 0.05) is 44.5 Å². The van der Waals surface area contributed by atoms with Crippen LogP contribution in [0.3, 0.4) is 0 Å². The fourth-order valence-electron chi connectivity index (χ4n) is 3.49. The van der Waals surface area contributed by atoms with Gasteiger partial charge in [-0.25, -0.2) is 14.4 Å². The number of amides is 1. The van der Waals surface area contributed by atoms with Gasteiger partial charge in [0.2, 0.25) is 5.95 Å². The summed E-state index contributed by atoms with van der Waals surface area (Å²) in [5, 5.41) is 8.88. The van der Waals surface area contributed by atoms with Gasteiger partial charge in [0.05, 0.1) is 11.9 Å². The third-order valence-electron chi connectivity index (χ3n) is 4.72. The van der Waals surface area contributed by atoms with Crippen molar-refractivity contribution in [2.45, 2.75) is 24.9 Å². The number of carbonyl (C=O) groups is 1. The summed E-state index contributed by atoms with van der Waals surface area (Å²) in [6, 6.07) is 4.11. The molecule has 10 heteroatoms. The second kappa shape index (κ2) is 8.01. The Hall–Kier alpha value is -2.52. The number of aromatic nitrogens is 3. The molecule has 144 valence electrons. The Morgan fingerprint density at radius 2 is 2.04 bits per heavy atom. The maximum Gasteiger partial charge on any atom is 0.272 e. The van der Waals surface area contributed by atoms with Crippen LogP contribution in [-0.2, 0) is 0 Å². The molecule has 4 rings (SSSR count). The fourth-order valence-corrected chi connectivity index (χ4v) is 3.49. The zero-order valence-corrected chi connectivity index (χ0v) is 15.6. The molecule has 2 aromatic rings. The van der Waals surface area contributed by atoms with Crippen LogP contribution in [0.1, 0.15) is 23.3 Å². The molecule has 0 saturated carbocycles. The van der Waals surface area contributed by atoms with Gasteiger partial charge in [-0.15, -0.1) is 12.4 Å². The number of nitrogens with zero attached hydrogens (tertiary/aromatic N) is 4. The van der Waals surface area contributed by atoms with E-state index in [1.54, 1.807) is 6.20 Å². The quantitative estimate of drug-likeness (QED) is 0.724. The molecule has 27 heavy (non-hydrogen) atoms. The highest BCUT2D eigenvalue weighted by Crippen LogP contribution is 2.25. The Morgan fingerprint density at radius 3 is 2.70 bits per heavy atom. The second-order valence-corrected chi connectivity index (χ2v) is 6.54. The molecule has 0 radical (unpaired) electrons. The third kappa shape index (κ3) is 4.09. The molecule has 2 fully saturated rings. The third-order valence-corrected chi connectivity index (χ3v) is 4.72. The zero-order valence-electron chi connectivity index (χ0n) is 14.8. The van der Waals surface area contributed by atoms with Gasteiger partial charge in [-0.05, 0) is 18.9 Å². The average molecular weight is 394 g/mol. The number of pyridine rings is 1. The number of nitrogens with one attached hydrogen (secondary N) is 3. The van der Waals surface area contributed by atoms with Crippen molar-refractivity contribution in [1.82, 2.24) is 25.6 Å². The maximum absolute atomic E-state index is 14.0. The number of anilines is 3. The molecule has 2 aliphatic heterocycles. The van der Waals surface area contributed by atoms with E-state index >= 15 is 0 Å². The monoisotopic (exact) mass is 393 g/mol. The fraction of sp³-hybridized carbons (Fsp3) is 0.412. The highest BCUT2D eigenvalue weighted by Gasteiger charge is 2.32. The number of rotatable bonds is 4. The second-order valence-electron chi connectivity index (χ2n) is 6.54. The molecule has 2 aliphatic rings. The van der Waals surface area contributed by atoms with E-state index in [1.807, 2.05) is 6.07 Å². The van der Waals surface area contributed by atoms with Crippen LogP contribution in [0.4, 0.5) is 21.8 Å². The number of carbonyl (C=O) groups excluding carboxylic acids is 1. The van der Waals surface area contributed by atoms with Gasteiger partial charge in [-0.3, -0.25) is 4.79 Å². The summed E-state index contributed by atoms with van der Waals surface area (Å²) in [6.07, 6.45) is 5.45. The van der Waals surface area contributed by atoms with Crippen LogP contribution in [0, 0.1) is 5.82 Å². The minimum atomic E-state index is -0.704. The van der Waals surface area contributed by atoms with E-state index in [0.717, 1.165) is 18.9 Å². The van der Waals surface area contributed by atoms with Gasteiger partial charge in [0.15, 0.2) is 11.5 Å². The molecule has 0 spiro atoms. The first-order valence-electron chi connectivity index (χ1n) is 8.61. The Morgan fingerprint density at radius 1 is 1.30 bits per heavy atom. The summed E-state index contributed by atoms with van der Waals surface area (Å²) in [5.74, 6) is -0.0663. The molecule has 2 atom stereocenters. The van der Waals surface area contributed by atoms with Crippen molar-refractivity contribution in [2.75, 3.05) is 30.4 Å². The molecule has 0 aliphatic carbocycles. The van der Waals surface area contributed by atoms with Crippen molar-refractivity contribution in [2.24, 2.45) is 0 Å². The molecular weight excluding hydrogens is 373 g/mol. The zero-order chi connectivity index (χ0) is 18.1. The van der Waals surface area contributed by atoms with Gasteiger partial charge < -0.3 is 20.9 Å². The molecule has 2 saturated heterocycles. The summed E-state index contributed by atoms with van der Waals surface area (Å²) >= 11 is 0. The van der Waals surface area contributed by atoms with Crippen molar-refractivity contribution >= 4 is 35.8 Å². The smallest absolute Gasteiger partial charge is 0.272 e. The van der Waals surface area contributed by atoms with E-state index in [4.69, 9.17) is 0 Å². The summed E-state index contributed by atoms with van der Waals surface area (Å²) in [5.41, 5.74) is 0.136. The van der Waals surface area contributed by atoms with Crippen molar-refractivity contribution < 1.29 is 9.18 Å². The van der Waals surface area contributed by atoms with E-state index in [9.17, 15) is 9.18 Å². The Labute approximate surface area is 162 Å². The number of piperazine rings is 1. The lowest BCUT2D eigenvalue weighted by atomic mass is 10.2. The Balaban J connectivity index is 0.00000210. The number of halogens is 2. The van der Waals surface area contributed by atoms with Crippen LogP contribution < -0.4 is 20.9 Å². The minimum Gasteiger partial charge on any atom is -0.354 e. The maximum atomic E-state index is 14.0. The van der Waals surface area contributed by atoms with Crippen molar-refractivity contribution in [3.63, 3.8) is 0 Å². The molecule has 2 aromatic heterocycles. The van der Waals surface area contributed by atoms with Gasteiger partial charge in [-0.2, -0.15) is 4.98 Å². The van der Waals surface area contributed by atoms with E-state index < -0.39 is 11.7 Å². The van der Waals surface area contributed by atoms with Crippen molar-refractivity contribution in [1.29, 1.82) is 0 Å². The molecule has 4 heterocycles. The van der Waals surface area contributed by atoms with E-state index in [1.165, 1.54) is 32.2 Å². The summed E-state index contributed by atoms with van der Waals surface area (Å²) < 4.78 is 14.0. The minimum absolute atomic E-state index is 0. The highest BCUT2D eigenvalue weighted by atomic mass is 35.5. The molecular formula is C17H21ClFN7O. The van der Waals surface area contributed by atoms with Crippen LogP contribution in [0.2, 0.25) is 0 Å². The van der Waals surface area contributed by atoms with Crippen molar-refractivity contribution in [3.05, 3.63) is 36.0 Å². The average Bonchev–Trinajstić information content (AvgIpc) is 2.99. The molecule has 0 aromatic carbocycles. The van der Waals surface area contributed by atoms with Crippen LogP contribution in [0.15, 0.2) is 24.5 Å². The summed E-state index contributed by atoms with van der Waals surface area (Å²) in [4.78, 5) is 26.4.